The van der Waals surface area contributed by atoms with Gasteiger partial charge >= 0.3 is 5.88 Å². The molecule has 4 rings (SSSR count). The van der Waals surface area contributed by atoms with Gasteiger partial charge in [-0.05, 0) is 18.1 Å². The molecule has 29 heavy (non-hydrogen) atoms. The summed E-state index contributed by atoms with van der Waals surface area (Å²) in [5.41, 5.74) is 1.86. The molecule has 0 aromatic carbocycles. The third-order valence-electron chi connectivity index (χ3n) is 4.65. The monoisotopic (exact) mass is 412 g/mol. The normalized spacial score (nSPS) is 13.7. The van der Waals surface area contributed by atoms with Gasteiger partial charge in [0.15, 0.2) is 0 Å². The molecule has 1 aliphatic rings. The summed E-state index contributed by atoms with van der Waals surface area (Å²) in [7, 11) is 1.73. The fourth-order valence-corrected chi connectivity index (χ4v) is 4.52. The zero-order valence-electron chi connectivity index (χ0n) is 15.4. The van der Waals surface area contributed by atoms with Crippen LogP contribution in [0.4, 0.5) is 10.9 Å². The van der Waals surface area contributed by atoms with Gasteiger partial charge in [0.25, 0.3) is 5.91 Å². The van der Waals surface area contributed by atoms with Crippen molar-refractivity contribution in [2.24, 2.45) is 7.05 Å². The van der Waals surface area contributed by atoms with Crippen molar-refractivity contribution < 1.29 is 14.1 Å². The Morgan fingerprint density at radius 3 is 3.00 bits per heavy atom. The molecule has 1 N–H and O–H groups in total. The Labute approximate surface area is 169 Å². The number of nitrogens with zero attached hydrogens (tertiary/aromatic N) is 5. The topological polar surface area (TPSA) is 130 Å². The van der Waals surface area contributed by atoms with Gasteiger partial charge in [0.2, 0.25) is 0 Å². The first-order valence-electron chi connectivity index (χ1n) is 8.74. The van der Waals surface area contributed by atoms with Gasteiger partial charge in [-0.2, -0.15) is 10.4 Å². The maximum atomic E-state index is 12.4. The van der Waals surface area contributed by atoms with Crippen molar-refractivity contribution in [3.8, 4) is 6.07 Å². The van der Waals surface area contributed by atoms with Crippen molar-refractivity contribution in [2.75, 3.05) is 11.9 Å². The van der Waals surface area contributed by atoms with E-state index in [0.29, 0.717) is 47.9 Å². The molecule has 4 heterocycles. The Balaban J connectivity index is 1.50. The number of nitro groups is 1. The highest BCUT2D eigenvalue weighted by atomic mass is 32.1. The van der Waals surface area contributed by atoms with Gasteiger partial charge in [-0.1, -0.05) is 0 Å². The smallest absolute Gasteiger partial charge is 0.404 e. The van der Waals surface area contributed by atoms with Gasteiger partial charge in [-0.15, -0.1) is 11.3 Å². The lowest BCUT2D eigenvalue weighted by Gasteiger charge is -2.25. The van der Waals surface area contributed by atoms with E-state index in [4.69, 9.17) is 4.42 Å². The van der Waals surface area contributed by atoms with Crippen LogP contribution in [0.5, 0.6) is 0 Å². The molecule has 0 aliphatic carbocycles. The number of hydrogen-bond donors (Lipinski definition) is 1. The molecule has 3 aromatic heterocycles. The van der Waals surface area contributed by atoms with Gasteiger partial charge in [0.1, 0.15) is 21.8 Å². The lowest BCUT2D eigenvalue weighted by Crippen LogP contribution is -2.29. The summed E-state index contributed by atoms with van der Waals surface area (Å²) in [6, 6.07) is 5.15. The highest BCUT2D eigenvalue weighted by molar-refractivity contribution is 7.16. The molecule has 1 amide bonds. The van der Waals surface area contributed by atoms with Crippen molar-refractivity contribution in [3.05, 3.63) is 62.0 Å². The molecule has 0 saturated heterocycles. The zero-order valence-corrected chi connectivity index (χ0v) is 16.2. The van der Waals surface area contributed by atoms with Gasteiger partial charge in [-0.3, -0.25) is 24.5 Å². The minimum Gasteiger partial charge on any atom is -0.404 e. The molecule has 0 unspecified atom stereocenters. The molecular formula is C18H16N6O4S. The summed E-state index contributed by atoms with van der Waals surface area (Å²) in [6.45, 7) is 1.69. The molecule has 3 aromatic rings. The first-order chi connectivity index (χ1) is 13.9. The molecule has 0 radical (unpaired) electrons. The highest BCUT2D eigenvalue weighted by Crippen LogP contribution is 2.37. The van der Waals surface area contributed by atoms with Crippen molar-refractivity contribution in [3.63, 3.8) is 0 Å². The van der Waals surface area contributed by atoms with Crippen LogP contribution in [-0.2, 0) is 26.6 Å². The summed E-state index contributed by atoms with van der Waals surface area (Å²) >= 11 is 1.38. The number of furan rings is 1. The lowest BCUT2D eigenvalue weighted by atomic mass is 10.0. The van der Waals surface area contributed by atoms with Crippen LogP contribution in [0.15, 0.2) is 28.9 Å². The number of rotatable bonds is 5. The van der Waals surface area contributed by atoms with E-state index in [1.165, 1.54) is 28.3 Å². The van der Waals surface area contributed by atoms with Crippen molar-refractivity contribution >= 4 is 28.1 Å². The maximum absolute atomic E-state index is 12.4. The highest BCUT2D eigenvalue weighted by Gasteiger charge is 2.26. The molecule has 0 saturated carbocycles. The van der Waals surface area contributed by atoms with Crippen LogP contribution >= 0.6 is 11.3 Å². The van der Waals surface area contributed by atoms with Crippen molar-refractivity contribution in [1.29, 1.82) is 5.26 Å². The zero-order chi connectivity index (χ0) is 20.5. The Morgan fingerprint density at radius 2 is 2.34 bits per heavy atom. The lowest BCUT2D eigenvalue weighted by molar-refractivity contribution is -0.402. The Bertz CT molecular complexity index is 1140. The average Bonchev–Trinajstić information content (AvgIpc) is 3.39. The van der Waals surface area contributed by atoms with Crippen molar-refractivity contribution in [2.45, 2.75) is 19.5 Å². The second kappa shape index (κ2) is 7.50. The summed E-state index contributed by atoms with van der Waals surface area (Å²) < 4.78 is 6.77. The van der Waals surface area contributed by atoms with Crippen LogP contribution in [0.2, 0.25) is 0 Å². The van der Waals surface area contributed by atoms with Gasteiger partial charge in [-0.25, -0.2) is 0 Å². The van der Waals surface area contributed by atoms with Gasteiger partial charge in [0, 0.05) is 31.2 Å². The number of amides is 1. The van der Waals surface area contributed by atoms with Gasteiger partial charge in [0.05, 0.1) is 29.9 Å². The number of carbonyl (C=O) groups excluding carboxylic acids is 1. The molecule has 1 aliphatic heterocycles. The number of hydrogen-bond acceptors (Lipinski definition) is 8. The van der Waals surface area contributed by atoms with Crippen LogP contribution in [0, 0.1) is 21.4 Å². The van der Waals surface area contributed by atoms with Crippen LogP contribution in [0.1, 0.15) is 32.1 Å². The van der Waals surface area contributed by atoms with E-state index in [2.05, 4.69) is 21.4 Å². The van der Waals surface area contributed by atoms with Crippen LogP contribution in [-0.4, -0.2) is 32.1 Å². The Morgan fingerprint density at radius 1 is 1.52 bits per heavy atom. The number of thiophene rings is 1. The quantitative estimate of drug-likeness (QED) is 0.503. The summed E-state index contributed by atoms with van der Waals surface area (Å²) in [6.07, 6.45) is 3.73. The molecule has 0 atom stereocenters. The van der Waals surface area contributed by atoms with E-state index in [1.54, 1.807) is 19.3 Å². The fourth-order valence-electron chi connectivity index (χ4n) is 3.28. The number of anilines is 1. The average molecular weight is 412 g/mol. The predicted octanol–water partition coefficient (Wildman–Crippen LogP) is 2.67. The number of fused-ring (bicyclic) bond motifs is 1. The van der Waals surface area contributed by atoms with E-state index in [1.807, 2.05) is 0 Å². The molecule has 10 nitrogen and oxygen atoms in total. The number of nitriles is 1. The number of aryl methyl sites for hydroxylation is 1. The molecule has 0 spiro atoms. The number of carbonyl (C=O) groups is 1. The minimum atomic E-state index is -0.562. The van der Waals surface area contributed by atoms with E-state index in [-0.39, 0.29) is 11.8 Å². The van der Waals surface area contributed by atoms with E-state index in [9.17, 15) is 20.2 Å². The van der Waals surface area contributed by atoms with E-state index < -0.39 is 4.92 Å². The summed E-state index contributed by atoms with van der Waals surface area (Å²) in [4.78, 5) is 25.7. The van der Waals surface area contributed by atoms with Gasteiger partial charge < -0.3 is 9.73 Å². The predicted molar refractivity (Wildman–Crippen MR) is 103 cm³/mol. The van der Waals surface area contributed by atoms with E-state index in [0.717, 1.165) is 10.4 Å². The molecular weight excluding hydrogens is 396 g/mol. The Kier molecular flexibility index (Phi) is 4.87. The largest absolute Gasteiger partial charge is 0.433 e. The Hall–Kier alpha value is -3.49. The van der Waals surface area contributed by atoms with Crippen molar-refractivity contribution in [1.82, 2.24) is 14.7 Å². The standard InChI is InChI=1S/C18H16N6O4S/c1-22-8-11(7-20-22)17(25)21-18-14(6-19)13-4-5-23(10-15(13)29-18)9-12-2-3-16(28-12)24(26)27/h2-3,7-8H,4-5,9-10H2,1H3,(H,21,25). The summed E-state index contributed by atoms with van der Waals surface area (Å²) in [5.74, 6) is -0.0729. The van der Waals surface area contributed by atoms with Crippen LogP contribution < -0.4 is 5.32 Å². The number of aromatic nitrogens is 2. The number of nitrogens with one attached hydrogen (secondary N) is 1. The minimum absolute atomic E-state index is 0.277. The van der Waals surface area contributed by atoms with Crippen LogP contribution in [0.25, 0.3) is 0 Å². The maximum Gasteiger partial charge on any atom is 0.433 e. The second-order valence-electron chi connectivity index (χ2n) is 6.63. The van der Waals surface area contributed by atoms with Crippen LogP contribution in [0.3, 0.4) is 0 Å². The molecule has 11 heteroatoms. The molecule has 0 fully saturated rings. The third-order valence-corrected chi connectivity index (χ3v) is 5.78. The van der Waals surface area contributed by atoms with E-state index >= 15 is 0 Å². The molecule has 148 valence electrons. The first kappa shape index (κ1) is 18.9. The second-order valence-corrected chi connectivity index (χ2v) is 7.74. The summed E-state index contributed by atoms with van der Waals surface area (Å²) in [5, 5.41) is 27.7. The first-order valence-corrected chi connectivity index (χ1v) is 9.56. The molecule has 0 bridgehead atoms. The third kappa shape index (κ3) is 3.75. The SMILES string of the molecule is Cn1cc(C(=O)Nc2sc3c(c2C#N)CCN(Cc2ccc([N+](=O)[O-])o2)C3)cn1. The fraction of sp³-hybridized carbons (Fsp3) is 0.278.